The molecule has 0 saturated heterocycles. The van der Waals surface area contributed by atoms with E-state index in [4.69, 9.17) is 14.0 Å². The zero-order chi connectivity index (χ0) is 20.8. The van der Waals surface area contributed by atoms with Crippen LogP contribution in [0.3, 0.4) is 0 Å². The van der Waals surface area contributed by atoms with Crippen molar-refractivity contribution in [2.24, 2.45) is 0 Å². The number of carbonyl (C=O) groups is 1. The molecule has 128 valence electrons. The largest absolute Gasteiger partial charge is 0.496 e. The molecule has 24 heavy (non-hydrogen) atoms. The molecule has 3 heteroatoms. The van der Waals surface area contributed by atoms with Crippen molar-refractivity contribution in [2.45, 2.75) is 34.6 Å². The maximum absolute atomic E-state index is 10.6. The number of carboxylic acid groups (broad SMARTS) is 1. The lowest BCUT2D eigenvalue weighted by Gasteiger charge is -2.13. The first-order valence-corrected chi connectivity index (χ1v) is 7.65. The first-order chi connectivity index (χ1) is 12.4. The lowest BCUT2D eigenvalue weighted by molar-refractivity contribution is -0.131. The highest BCUT2D eigenvalue weighted by Crippen LogP contribution is 2.28. The quantitative estimate of drug-likeness (QED) is 0.579. The first kappa shape index (κ1) is 15.0. The number of allylic oxidation sites excluding steroid dienone is 6. The summed E-state index contributed by atoms with van der Waals surface area (Å²) < 4.78 is 26.9. The van der Waals surface area contributed by atoms with Crippen molar-refractivity contribution in [3.8, 4) is 5.75 Å². The normalized spacial score (nSPS) is 15.5. The van der Waals surface area contributed by atoms with E-state index in [1.54, 1.807) is 25.1 Å². The number of hydrogen-bond donors (Lipinski definition) is 1. The summed E-state index contributed by atoms with van der Waals surface area (Å²) in [7, 11) is -2.47. The maximum atomic E-state index is 10.6. The predicted molar refractivity (Wildman–Crippen MR) is 101 cm³/mol. The molecule has 0 bridgehead atoms. The van der Waals surface area contributed by atoms with Crippen LogP contribution < -0.4 is 4.74 Å². The van der Waals surface area contributed by atoms with Gasteiger partial charge in [0.2, 0.25) is 0 Å². The van der Waals surface area contributed by atoms with Crippen LogP contribution in [0.1, 0.15) is 40.2 Å². The third-order valence-corrected chi connectivity index (χ3v) is 3.80. The molecule has 0 spiro atoms. The van der Waals surface area contributed by atoms with Crippen molar-refractivity contribution in [2.75, 3.05) is 7.04 Å². The summed E-state index contributed by atoms with van der Waals surface area (Å²) in [5.74, 6) is -0.594. The number of aryl methyl sites for hydroxylation is 1. The molecule has 1 aromatic carbocycles. The number of ether oxygens (including phenoxy) is 1. The van der Waals surface area contributed by atoms with E-state index in [2.05, 4.69) is 0 Å². The van der Waals surface area contributed by atoms with Gasteiger partial charge in [-0.1, -0.05) is 36.0 Å². The van der Waals surface area contributed by atoms with E-state index >= 15 is 0 Å². The fourth-order valence-electron chi connectivity index (χ4n) is 2.29. The van der Waals surface area contributed by atoms with Gasteiger partial charge in [0.1, 0.15) is 5.75 Å². The fourth-order valence-corrected chi connectivity index (χ4v) is 2.29. The van der Waals surface area contributed by atoms with Gasteiger partial charge in [-0.3, -0.25) is 0 Å². The van der Waals surface area contributed by atoms with E-state index in [1.807, 2.05) is 45.9 Å². The van der Waals surface area contributed by atoms with Crippen LogP contribution in [0.15, 0.2) is 47.6 Å². The molecule has 1 N–H and O–H groups in total. The molecule has 0 heterocycles. The van der Waals surface area contributed by atoms with Gasteiger partial charge in [0.05, 0.1) is 11.2 Å². The molecule has 3 nitrogen and oxygen atoms in total. The van der Waals surface area contributed by atoms with Crippen molar-refractivity contribution in [1.29, 1.82) is 0 Å². The lowest BCUT2D eigenvalue weighted by atomic mass is 9.96. The van der Waals surface area contributed by atoms with Gasteiger partial charge in [0.15, 0.2) is 0 Å². The number of methoxy groups -OCH3 is 1. The Bertz CT molecular complexity index is 826. The second-order valence-corrected chi connectivity index (χ2v) is 5.79. The minimum Gasteiger partial charge on any atom is -0.496 e. The summed E-state index contributed by atoms with van der Waals surface area (Å²) >= 11 is 0. The molecule has 0 aliphatic carbocycles. The molecule has 1 aromatic rings. The molecule has 0 aromatic heterocycles. The Balaban J connectivity index is 3.04. The SMILES string of the molecule is [2H]C([2H])([2H])Oc1cc(C)c(C=CC(C)=CC=CC(C)=CC(=O)O)c(C)c1C. The average molecular weight is 329 g/mol. The van der Waals surface area contributed by atoms with Crippen molar-refractivity contribution in [3.63, 3.8) is 0 Å². The summed E-state index contributed by atoms with van der Waals surface area (Å²) in [4.78, 5) is 10.6. The standard InChI is InChI=1S/C21H26O3/c1-14(8-7-9-15(2)12-21(22)23)10-11-19-16(3)13-20(24-6)18(5)17(19)4/h7-13H,1-6H3,(H,22,23)/i6D3. The van der Waals surface area contributed by atoms with Gasteiger partial charge in [0.25, 0.3) is 0 Å². The van der Waals surface area contributed by atoms with Crippen LogP contribution >= 0.6 is 0 Å². The topological polar surface area (TPSA) is 46.5 Å². The summed E-state index contributed by atoms with van der Waals surface area (Å²) in [5.41, 5.74) is 5.36. The van der Waals surface area contributed by atoms with Gasteiger partial charge in [0, 0.05) is 6.08 Å². The first-order valence-electron chi connectivity index (χ1n) is 9.15. The van der Waals surface area contributed by atoms with Crippen molar-refractivity contribution in [3.05, 3.63) is 69.8 Å². The van der Waals surface area contributed by atoms with Gasteiger partial charge in [-0.15, -0.1) is 0 Å². The number of hydrogen-bond acceptors (Lipinski definition) is 2. The van der Waals surface area contributed by atoms with Crippen LogP contribution in [0.25, 0.3) is 6.08 Å². The van der Waals surface area contributed by atoms with E-state index < -0.39 is 13.0 Å². The van der Waals surface area contributed by atoms with Crippen molar-refractivity contribution in [1.82, 2.24) is 0 Å². The number of benzene rings is 1. The van der Waals surface area contributed by atoms with E-state index in [0.29, 0.717) is 11.3 Å². The van der Waals surface area contributed by atoms with Gasteiger partial charge in [-0.2, -0.15) is 0 Å². The van der Waals surface area contributed by atoms with Crippen LogP contribution in [0.4, 0.5) is 0 Å². The Hall–Kier alpha value is -2.55. The summed E-state index contributed by atoms with van der Waals surface area (Å²) in [5, 5.41) is 8.68. The Labute approximate surface area is 148 Å². The van der Waals surface area contributed by atoms with E-state index in [-0.39, 0.29) is 0 Å². The van der Waals surface area contributed by atoms with Crippen LogP contribution in [0.5, 0.6) is 5.75 Å². The van der Waals surface area contributed by atoms with Gasteiger partial charge < -0.3 is 9.84 Å². The van der Waals surface area contributed by atoms with Gasteiger partial charge in [-0.25, -0.2) is 4.79 Å². The van der Waals surface area contributed by atoms with E-state index in [0.717, 1.165) is 33.9 Å². The summed E-state index contributed by atoms with van der Waals surface area (Å²) in [6.07, 6.45) is 10.5. The Morgan fingerprint density at radius 3 is 2.50 bits per heavy atom. The second-order valence-electron chi connectivity index (χ2n) is 5.79. The summed E-state index contributed by atoms with van der Waals surface area (Å²) in [6.45, 7) is 9.36. The summed E-state index contributed by atoms with van der Waals surface area (Å²) in [6, 6.07) is 1.74. The average Bonchev–Trinajstić information content (AvgIpc) is 2.50. The highest BCUT2D eigenvalue weighted by Gasteiger charge is 2.08. The minimum atomic E-state index is -2.47. The van der Waals surface area contributed by atoms with Crippen molar-refractivity contribution >= 4 is 12.0 Å². The second kappa shape index (κ2) is 8.92. The predicted octanol–water partition coefficient (Wildman–Crippen LogP) is 5.17. The Kier molecular flexibility index (Phi) is 5.58. The molecule has 0 atom stereocenters. The Morgan fingerprint density at radius 2 is 1.88 bits per heavy atom. The maximum Gasteiger partial charge on any atom is 0.328 e. The van der Waals surface area contributed by atoms with E-state index in [1.165, 1.54) is 0 Å². The van der Waals surface area contributed by atoms with Crippen LogP contribution in [0, 0.1) is 20.8 Å². The van der Waals surface area contributed by atoms with E-state index in [9.17, 15) is 4.79 Å². The van der Waals surface area contributed by atoms with Gasteiger partial charge in [-0.05, 0) is 68.5 Å². The van der Waals surface area contributed by atoms with Crippen LogP contribution in [-0.2, 0) is 4.79 Å². The minimum absolute atomic E-state index is 0.373. The number of aliphatic carboxylic acids is 1. The zero-order valence-electron chi connectivity index (χ0n) is 17.8. The fraction of sp³-hybridized carbons (Fsp3) is 0.286. The lowest BCUT2D eigenvalue weighted by Crippen LogP contribution is -1.95. The van der Waals surface area contributed by atoms with Crippen LogP contribution in [0.2, 0.25) is 0 Å². The highest BCUT2D eigenvalue weighted by molar-refractivity contribution is 5.81. The van der Waals surface area contributed by atoms with Gasteiger partial charge >= 0.3 is 5.97 Å². The molecule has 0 aliphatic rings. The molecule has 0 radical (unpaired) electrons. The molecule has 0 saturated carbocycles. The third-order valence-electron chi connectivity index (χ3n) is 3.80. The molecular weight excluding hydrogens is 300 g/mol. The molecule has 1 rings (SSSR count). The zero-order valence-corrected chi connectivity index (χ0v) is 14.8. The highest BCUT2D eigenvalue weighted by atomic mass is 16.5. The third kappa shape index (κ3) is 5.58. The molecule has 0 unspecified atom stereocenters. The molecule has 0 amide bonds. The monoisotopic (exact) mass is 329 g/mol. The number of rotatable bonds is 6. The Morgan fingerprint density at radius 1 is 1.17 bits per heavy atom. The molecule has 0 aliphatic heterocycles. The van der Waals surface area contributed by atoms with Crippen LogP contribution in [-0.4, -0.2) is 18.1 Å². The van der Waals surface area contributed by atoms with Crippen molar-refractivity contribution < 1.29 is 18.8 Å². The molecule has 0 fully saturated rings. The number of carboxylic acids is 1. The molecular formula is C21H26O3. The smallest absolute Gasteiger partial charge is 0.328 e.